The van der Waals surface area contributed by atoms with E-state index < -0.39 is 28.1 Å². The van der Waals surface area contributed by atoms with Crippen LogP contribution in [-0.4, -0.2) is 9.31 Å². The molecule has 0 N–H and O–H groups in total. The Morgan fingerprint density at radius 1 is 1.06 bits per heavy atom. The number of nitrogens with zero attached hydrogens (tertiary/aromatic N) is 2. The van der Waals surface area contributed by atoms with Gasteiger partial charge in [0.1, 0.15) is 5.82 Å². The first-order chi connectivity index (χ1) is 8.30. The van der Waals surface area contributed by atoms with Crippen molar-refractivity contribution in [2.24, 2.45) is 0 Å². The van der Waals surface area contributed by atoms with Crippen molar-refractivity contribution < 1.29 is 22.1 Å². The Bertz CT molecular complexity index is 678. The first-order valence-corrected chi connectivity index (χ1v) is 4.49. The fourth-order valence-electron chi connectivity index (χ4n) is 1.28. The topological polar surface area (TPSA) is 57.1 Å². The van der Waals surface area contributed by atoms with Crippen LogP contribution in [0.2, 0.25) is 0 Å². The molecular formula is C9H4F4N2O3. The van der Waals surface area contributed by atoms with Crippen molar-refractivity contribution in [3.8, 4) is 5.69 Å². The number of hydrogen-bond acceptors (Lipinski definition) is 3. The Hall–Kier alpha value is -2.32. The van der Waals surface area contributed by atoms with Crippen LogP contribution < -0.4 is 11.4 Å². The van der Waals surface area contributed by atoms with Gasteiger partial charge in [0.2, 0.25) is 0 Å². The zero-order chi connectivity index (χ0) is 13.5. The van der Waals surface area contributed by atoms with Crippen LogP contribution in [-0.2, 0) is 6.30 Å². The van der Waals surface area contributed by atoms with Crippen molar-refractivity contribution in [2.45, 2.75) is 6.30 Å². The van der Waals surface area contributed by atoms with Gasteiger partial charge in [-0.25, -0.2) is 14.0 Å². The average molecular weight is 264 g/mol. The lowest BCUT2D eigenvalue weighted by atomic mass is 10.3. The predicted molar refractivity (Wildman–Crippen MR) is 49.8 cm³/mol. The quantitative estimate of drug-likeness (QED) is 0.727. The van der Waals surface area contributed by atoms with Crippen LogP contribution in [0.15, 0.2) is 38.4 Å². The lowest BCUT2D eigenvalue weighted by Crippen LogP contribution is -2.37. The monoisotopic (exact) mass is 264 g/mol. The van der Waals surface area contributed by atoms with Crippen LogP contribution in [0.4, 0.5) is 17.6 Å². The molecule has 0 aliphatic rings. The summed E-state index contributed by atoms with van der Waals surface area (Å²) in [6, 6.07) is 3.82. The SMILES string of the molecule is O=c1on(-c2ccc(F)cc2)c(=O)n1C(F)(F)F. The molecule has 9 heteroatoms. The summed E-state index contributed by atoms with van der Waals surface area (Å²) in [5.41, 5.74) is -1.90. The van der Waals surface area contributed by atoms with Crippen molar-refractivity contribution >= 4 is 0 Å². The van der Waals surface area contributed by atoms with E-state index in [2.05, 4.69) is 4.52 Å². The molecule has 0 bridgehead atoms. The van der Waals surface area contributed by atoms with Crippen LogP contribution in [0.3, 0.4) is 0 Å². The number of alkyl halides is 3. The fraction of sp³-hybridized carbons (Fsp3) is 0.111. The maximum atomic E-state index is 12.6. The summed E-state index contributed by atoms with van der Waals surface area (Å²) in [6.45, 7) is 0. The Kier molecular flexibility index (Phi) is 2.60. The number of halogens is 4. The third kappa shape index (κ3) is 1.94. The number of aromatic nitrogens is 2. The molecule has 0 saturated carbocycles. The molecule has 1 aromatic heterocycles. The molecule has 0 atom stereocenters. The molecule has 96 valence electrons. The zero-order valence-electron chi connectivity index (χ0n) is 8.44. The summed E-state index contributed by atoms with van der Waals surface area (Å²) in [5, 5.41) is 0. The van der Waals surface area contributed by atoms with Crippen molar-refractivity contribution in [3.63, 3.8) is 0 Å². The molecule has 0 amide bonds. The molecule has 2 rings (SSSR count). The minimum atomic E-state index is -5.18. The van der Waals surface area contributed by atoms with E-state index in [4.69, 9.17) is 0 Å². The maximum absolute atomic E-state index is 12.6. The Morgan fingerprint density at radius 2 is 1.61 bits per heavy atom. The number of rotatable bonds is 1. The van der Waals surface area contributed by atoms with Gasteiger partial charge in [0.25, 0.3) is 0 Å². The van der Waals surface area contributed by atoms with Crippen molar-refractivity contribution in [1.29, 1.82) is 0 Å². The number of hydrogen-bond donors (Lipinski definition) is 0. The molecule has 1 heterocycles. The summed E-state index contributed by atoms with van der Waals surface area (Å²) in [4.78, 5) is 22.3. The van der Waals surface area contributed by atoms with E-state index in [-0.39, 0.29) is 10.4 Å². The largest absolute Gasteiger partial charge is 0.498 e. The van der Waals surface area contributed by atoms with Gasteiger partial charge in [-0.05, 0) is 24.3 Å². The van der Waals surface area contributed by atoms with Gasteiger partial charge in [0.15, 0.2) is 0 Å². The summed E-state index contributed by atoms with van der Waals surface area (Å²) >= 11 is 0. The zero-order valence-corrected chi connectivity index (χ0v) is 8.44. The van der Waals surface area contributed by atoms with Crippen molar-refractivity contribution in [1.82, 2.24) is 9.31 Å². The molecule has 2 aromatic rings. The maximum Gasteiger partial charge on any atom is 0.498 e. The second kappa shape index (κ2) is 3.86. The lowest BCUT2D eigenvalue weighted by Gasteiger charge is -2.01. The number of benzene rings is 1. The van der Waals surface area contributed by atoms with Crippen LogP contribution in [0, 0.1) is 5.82 Å². The summed E-state index contributed by atoms with van der Waals surface area (Å²) < 4.78 is 52.9. The molecule has 1 aromatic carbocycles. The second-order valence-electron chi connectivity index (χ2n) is 3.21. The standard InChI is InChI=1S/C9H4F4N2O3/c10-5-1-3-6(4-2-5)15-7(16)14(8(17)18-15)9(11,12)13/h1-4H. The predicted octanol–water partition coefficient (Wildman–Crippen LogP) is 1.21. The van der Waals surface area contributed by atoms with Crippen LogP contribution in [0.1, 0.15) is 0 Å². The third-order valence-electron chi connectivity index (χ3n) is 2.03. The third-order valence-corrected chi connectivity index (χ3v) is 2.03. The van der Waals surface area contributed by atoms with E-state index in [1.807, 2.05) is 0 Å². The van der Waals surface area contributed by atoms with Crippen molar-refractivity contribution in [3.05, 3.63) is 51.1 Å². The van der Waals surface area contributed by atoms with E-state index >= 15 is 0 Å². The molecule has 0 saturated heterocycles. The van der Waals surface area contributed by atoms with Gasteiger partial charge in [-0.2, -0.15) is 0 Å². The Balaban J connectivity index is 2.65. The highest BCUT2D eigenvalue weighted by atomic mass is 19.4. The molecule has 5 nitrogen and oxygen atoms in total. The lowest BCUT2D eigenvalue weighted by molar-refractivity contribution is -0.209. The molecule has 18 heavy (non-hydrogen) atoms. The highest BCUT2D eigenvalue weighted by Gasteiger charge is 2.38. The molecule has 0 unspecified atom stereocenters. The van der Waals surface area contributed by atoms with Gasteiger partial charge in [0.05, 0.1) is 5.69 Å². The average Bonchev–Trinajstić information content (AvgIpc) is 2.54. The molecule has 0 radical (unpaired) electrons. The highest BCUT2D eigenvalue weighted by molar-refractivity contribution is 5.29. The highest BCUT2D eigenvalue weighted by Crippen LogP contribution is 2.18. The molecule has 0 aliphatic carbocycles. The van der Waals surface area contributed by atoms with Gasteiger partial charge in [-0.1, -0.05) is 0 Å². The Morgan fingerprint density at radius 3 is 2.06 bits per heavy atom. The van der Waals surface area contributed by atoms with E-state index in [0.29, 0.717) is 0 Å². The van der Waals surface area contributed by atoms with Gasteiger partial charge >= 0.3 is 17.7 Å². The minimum Gasteiger partial charge on any atom is -0.311 e. The van der Waals surface area contributed by atoms with Gasteiger partial charge < -0.3 is 4.52 Å². The van der Waals surface area contributed by atoms with Gasteiger partial charge in [0, 0.05) is 0 Å². The van der Waals surface area contributed by atoms with E-state index in [1.165, 1.54) is 0 Å². The van der Waals surface area contributed by atoms with Gasteiger partial charge in [-0.15, -0.1) is 22.5 Å². The molecule has 0 fully saturated rings. The summed E-state index contributed by atoms with van der Waals surface area (Å²) in [7, 11) is 0. The summed E-state index contributed by atoms with van der Waals surface area (Å²) in [6.07, 6.45) is -5.18. The second-order valence-corrected chi connectivity index (χ2v) is 3.21. The van der Waals surface area contributed by atoms with Crippen molar-refractivity contribution in [2.75, 3.05) is 0 Å². The summed E-state index contributed by atoms with van der Waals surface area (Å²) in [5.74, 6) is -2.51. The van der Waals surface area contributed by atoms with Crippen LogP contribution >= 0.6 is 0 Å². The van der Waals surface area contributed by atoms with E-state index in [0.717, 1.165) is 24.3 Å². The van der Waals surface area contributed by atoms with E-state index in [1.54, 1.807) is 0 Å². The molecule has 0 spiro atoms. The first kappa shape index (κ1) is 12.1. The first-order valence-electron chi connectivity index (χ1n) is 4.49. The van der Waals surface area contributed by atoms with Crippen LogP contribution in [0.5, 0.6) is 0 Å². The van der Waals surface area contributed by atoms with E-state index in [9.17, 15) is 27.2 Å². The molecular weight excluding hydrogens is 260 g/mol. The normalized spacial score (nSPS) is 11.8. The smallest absolute Gasteiger partial charge is 0.311 e. The van der Waals surface area contributed by atoms with Gasteiger partial charge in [-0.3, -0.25) is 0 Å². The minimum absolute atomic E-state index is 0.134. The van der Waals surface area contributed by atoms with Crippen LogP contribution in [0.25, 0.3) is 5.69 Å². The Labute approximate surface area is 95.4 Å². The molecule has 0 aliphatic heterocycles. The fourth-order valence-corrected chi connectivity index (χ4v) is 1.28.